The van der Waals surface area contributed by atoms with Gasteiger partial charge in [-0.15, -0.1) is 0 Å². The number of ether oxygens (including phenoxy) is 2. The van der Waals surface area contributed by atoms with E-state index in [0.29, 0.717) is 11.3 Å². The molecule has 0 aromatic heterocycles. The lowest BCUT2D eigenvalue weighted by Crippen LogP contribution is -2.58. The van der Waals surface area contributed by atoms with Crippen LogP contribution in [0.1, 0.15) is 106 Å². The second-order valence-corrected chi connectivity index (χ2v) is 15.0. The summed E-state index contributed by atoms with van der Waals surface area (Å²) in [6.45, 7) is 18.3. The van der Waals surface area contributed by atoms with Crippen molar-refractivity contribution in [2.75, 3.05) is 0 Å². The Morgan fingerprint density at radius 2 is 1.77 bits per heavy atom. The molecule has 13 atom stereocenters. The highest BCUT2D eigenvalue weighted by Gasteiger charge is 2.59. The van der Waals surface area contributed by atoms with Gasteiger partial charge in [-0.25, -0.2) is 0 Å². The van der Waals surface area contributed by atoms with Crippen LogP contribution in [-0.4, -0.2) is 52.1 Å². The fourth-order valence-corrected chi connectivity index (χ4v) is 9.94. The van der Waals surface area contributed by atoms with Gasteiger partial charge in [-0.2, -0.15) is 0 Å². The highest BCUT2D eigenvalue weighted by atomic mass is 16.7. The summed E-state index contributed by atoms with van der Waals surface area (Å²) in [7, 11) is 0. The summed E-state index contributed by atoms with van der Waals surface area (Å²) in [5, 5.41) is 30.7. The molecular formula is C34H56O5. The van der Waals surface area contributed by atoms with Crippen LogP contribution in [0.25, 0.3) is 0 Å². The molecule has 5 rings (SSSR count). The van der Waals surface area contributed by atoms with E-state index in [1.54, 1.807) is 6.92 Å². The van der Waals surface area contributed by atoms with Crippen LogP contribution in [0.5, 0.6) is 0 Å². The van der Waals surface area contributed by atoms with Crippen molar-refractivity contribution in [1.82, 2.24) is 0 Å². The summed E-state index contributed by atoms with van der Waals surface area (Å²) < 4.78 is 12.0. The fourth-order valence-electron chi connectivity index (χ4n) is 9.94. The molecule has 5 nitrogen and oxygen atoms in total. The zero-order valence-corrected chi connectivity index (χ0v) is 25.4. The number of fused-ring (bicyclic) bond motifs is 5. The molecule has 0 amide bonds. The van der Waals surface area contributed by atoms with Crippen LogP contribution >= 0.6 is 0 Å². The summed E-state index contributed by atoms with van der Waals surface area (Å²) >= 11 is 0. The topological polar surface area (TPSA) is 79.2 Å². The average Bonchev–Trinajstić information content (AvgIpc) is 3.26. The molecule has 0 radical (unpaired) electrons. The summed E-state index contributed by atoms with van der Waals surface area (Å²) in [6, 6.07) is 0. The van der Waals surface area contributed by atoms with Crippen molar-refractivity contribution in [1.29, 1.82) is 0 Å². The Kier molecular flexibility index (Phi) is 8.52. The van der Waals surface area contributed by atoms with Gasteiger partial charge in [-0.3, -0.25) is 0 Å². The molecule has 1 heterocycles. The van der Waals surface area contributed by atoms with Crippen LogP contribution in [0.4, 0.5) is 0 Å². The van der Waals surface area contributed by atoms with Crippen molar-refractivity contribution >= 4 is 0 Å². The third kappa shape index (κ3) is 5.22. The van der Waals surface area contributed by atoms with Gasteiger partial charge in [0.15, 0.2) is 6.29 Å². The van der Waals surface area contributed by atoms with Crippen molar-refractivity contribution < 1.29 is 24.8 Å². The second-order valence-electron chi connectivity index (χ2n) is 15.0. The van der Waals surface area contributed by atoms with E-state index in [1.165, 1.54) is 56.1 Å². The van der Waals surface area contributed by atoms with Crippen molar-refractivity contribution in [3.05, 3.63) is 23.8 Å². The first kappa shape index (κ1) is 29.8. The van der Waals surface area contributed by atoms with Crippen molar-refractivity contribution in [3.63, 3.8) is 0 Å². The third-order valence-electron chi connectivity index (χ3n) is 12.7. The zero-order valence-electron chi connectivity index (χ0n) is 25.4. The van der Waals surface area contributed by atoms with E-state index in [0.717, 1.165) is 48.9 Å². The SMILES string of the molecule is C=C(CC[C@@H](C)C1CCC2C3CC=C4C[C@@H](OC5OC(C)C(O)C(O)C5O)CC[C@]4(C)C3CC[C@@]21C)C(C)C. The normalized spacial score (nSPS) is 48.6. The van der Waals surface area contributed by atoms with Gasteiger partial charge in [0, 0.05) is 0 Å². The Hall–Kier alpha value is -0.720. The van der Waals surface area contributed by atoms with E-state index in [9.17, 15) is 15.3 Å². The molecule has 5 heteroatoms. The number of rotatable bonds is 7. The zero-order chi connectivity index (χ0) is 28.3. The van der Waals surface area contributed by atoms with Crippen LogP contribution in [0.3, 0.4) is 0 Å². The lowest BCUT2D eigenvalue weighted by atomic mass is 9.47. The van der Waals surface area contributed by atoms with E-state index in [-0.39, 0.29) is 11.5 Å². The van der Waals surface area contributed by atoms with E-state index in [1.807, 2.05) is 0 Å². The molecule has 5 aliphatic rings. The average molecular weight is 545 g/mol. The first-order valence-electron chi connectivity index (χ1n) is 16.1. The van der Waals surface area contributed by atoms with Crippen LogP contribution in [0.15, 0.2) is 23.8 Å². The maximum absolute atomic E-state index is 10.5. The Bertz CT molecular complexity index is 929. The van der Waals surface area contributed by atoms with Gasteiger partial charge < -0.3 is 24.8 Å². The highest BCUT2D eigenvalue weighted by Crippen LogP contribution is 2.67. The van der Waals surface area contributed by atoms with Gasteiger partial charge in [-0.1, -0.05) is 58.4 Å². The van der Waals surface area contributed by atoms with Crippen molar-refractivity contribution in [3.8, 4) is 0 Å². The summed E-state index contributed by atoms with van der Waals surface area (Å²) in [4.78, 5) is 0. The van der Waals surface area contributed by atoms with Crippen LogP contribution in [-0.2, 0) is 9.47 Å². The molecule has 4 aliphatic carbocycles. The minimum absolute atomic E-state index is 0.0266. The lowest BCUT2D eigenvalue weighted by Gasteiger charge is -2.58. The molecule has 9 unspecified atom stereocenters. The van der Waals surface area contributed by atoms with E-state index in [4.69, 9.17) is 9.47 Å². The Morgan fingerprint density at radius 3 is 2.49 bits per heavy atom. The second kappa shape index (κ2) is 11.2. The molecule has 0 bridgehead atoms. The lowest BCUT2D eigenvalue weighted by molar-refractivity contribution is -0.305. The van der Waals surface area contributed by atoms with Crippen molar-refractivity contribution in [2.24, 2.45) is 46.3 Å². The standard InChI is InChI=1S/C34H56O5/c1-19(2)20(3)8-9-21(4)26-12-13-27-25-11-10-23-18-24(39-32-31(37)30(36)29(35)22(5)38-32)14-16-33(23,6)28(25)15-17-34(26,27)7/h10,19,21-22,24-32,35-37H,3,8-9,11-18H2,1-2,4-7H3/t21-,22?,24+,25?,26?,27?,28?,29?,30?,31?,32?,33+,34-/m1/s1. The summed E-state index contributed by atoms with van der Waals surface area (Å²) in [5.41, 5.74) is 3.66. The molecular weight excluding hydrogens is 488 g/mol. The molecule has 0 aromatic carbocycles. The molecule has 3 saturated carbocycles. The van der Waals surface area contributed by atoms with Gasteiger partial charge in [-0.05, 0) is 117 Å². The highest BCUT2D eigenvalue weighted by molar-refractivity contribution is 5.25. The van der Waals surface area contributed by atoms with Gasteiger partial charge in [0.1, 0.15) is 18.3 Å². The number of aliphatic hydroxyl groups is 3. The first-order valence-corrected chi connectivity index (χ1v) is 16.1. The monoisotopic (exact) mass is 544 g/mol. The predicted molar refractivity (Wildman–Crippen MR) is 155 cm³/mol. The molecule has 0 spiro atoms. The fraction of sp³-hybridized carbons (Fsp3) is 0.882. The number of hydrogen-bond acceptors (Lipinski definition) is 5. The molecule has 4 fully saturated rings. The van der Waals surface area contributed by atoms with E-state index in [2.05, 4.69) is 47.3 Å². The first-order chi connectivity index (χ1) is 18.4. The Morgan fingerprint density at radius 1 is 1.03 bits per heavy atom. The largest absolute Gasteiger partial charge is 0.388 e. The van der Waals surface area contributed by atoms with E-state index < -0.39 is 30.7 Å². The number of allylic oxidation sites excluding steroid dienone is 2. The summed E-state index contributed by atoms with van der Waals surface area (Å²) in [5.74, 6) is 4.57. The third-order valence-corrected chi connectivity index (χ3v) is 12.7. The van der Waals surface area contributed by atoms with Crippen LogP contribution in [0.2, 0.25) is 0 Å². The smallest absolute Gasteiger partial charge is 0.186 e. The quantitative estimate of drug-likeness (QED) is 0.323. The van der Waals surface area contributed by atoms with Crippen LogP contribution < -0.4 is 0 Å². The summed E-state index contributed by atoms with van der Waals surface area (Å²) in [6.07, 6.45) is 9.57. The predicted octanol–water partition coefficient (Wildman–Crippen LogP) is 6.41. The number of aliphatic hydroxyl groups excluding tert-OH is 3. The van der Waals surface area contributed by atoms with Gasteiger partial charge >= 0.3 is 0 Å². The molecule has 0 aromatic rings. The molecule has 1 saturated heterocycles. The molecule has 1 aliphatic heterocycles. The van der Waals surface area contributed by atoms with Gasteiger partial charge in [0.25, 0.3) is 0 Å². The van der Waals surface area contributed by atoms with E-state index >= 15 is 0 Å². The maximum atomic E-state index is 10.5. The van der Waals surface area contributed by atoms with Gasteiger partial charge in [0.05, 0.1) is 12.2 Å². The molecule has 3 N–H and O–H groups in total. The maximum Gasteiger partial charge on any atom is 0.186 e. The van der Waals surface area contributed by atoms with Gasteiger partial charge in [0.2, 0.25) is 0 Å². The minimum Gasteiger partial charge on any atom is -0.388 e. The number of hydrogen-bond donors (Lipinski definition) is 3. The van der Waals surface area contributed by atoms with Crippen molar-refractivity contribution in [2.45, 2.75) is 143 Å². The molecule has 39 heavy (non-hydrogen) atoms. The minimum atomic E-state index is -1.24. The Labute approximate surface area is 237 Å². The Balaban J connectivity index is 1.24. The molecule has 222 valence electrons. The van der Waals surface area contributed by atoms with Crippen LogP contribution in [0, 0.1) is 46.3 Å².